The van der Waals surface area contributed by atoms with Crippen LogP contribution in [0.2, 0.25) is 5.02 Å². The molecule has 1 aromatic carbocycles. The van der Waals surface area contributed by atoms with Crippen LogP contribution in [0.3, 0.4) is 0 Å². The Kier molecular flexibility index (Phi) is 4.56. The number of ether oxygens (including phenoxy) is 1. The molecule has 2 N–H and O–H groups in total. The topological polar surface area (TPSA) is 48.1 Å². The van der Waals surface area contributed by atoms with Gasteiger partial charge in [-0.05, 0) is 48.4 Å². The molecule has 0 atom stereocenters. The SMILES string of the molecule is NCCc1ccc(OCc2ccncc2)c(Cl)c1. The molecule has 0 aliphatic heterocycles. The van der Waals surface area contributed by atoms with Gasteiger partial charge in [-0.2, -0.15) is 0 Å². The third-order valence-corrected chi connectivity index (χ3v) is 2.87. The van der Waals surface area contributed by atoms with E-state index < -0.39 is 0 Å². The molecule has 1 heterocycles. The number of hydrogen-bond donors (Lipinski definition) is 1. The van der Waals surface area contributed by atoms with Crippen LogP contribution in [0.4, 0.5) is 0 Å². The summed E-state index contributed by atoms with van der Waals surface area (Å²) in [7, 11) is 0. The monoisotopic (exact) mass is 262 g/mol. The molecule has 0 bridgehead atoms. The average Bonchev–Trinajstić information content (AvgIpc) is 2.39. The highest BCUT2D eigenvalue weighted by molar-refractivity contribution is 6.32. The zero-order valence-corrected chi connectivity index (χ0v) is 10.7. The molecule has 0 aliphatic carbocycles. The summed E-state index contributed by atoms with van der Waals surface area (Å²) in [6.07, 6.45) is 4.31. The van der Waals surface area contributed by atoms with Crippen LogP contribution in [0.5, 0.6) is 5.75 Å². The average molecular weight is 263 g/mol. The second-order valence-electron chi connectivity index (χ2n) is 3.95. The molecular weight excluding hydrogens is 248 g/mol. The first-order valence-corrected chi connectivity index (χ1v) is 6.17. The van der Waals surface area contributed by atoms with Gasteiger partial charge in [0.2, 0.25) is 0 Å². The Hall–Kier alpha value is -1.58. The third kappa shape index (κ3) is 3.45. The summed E-state index contributed by atoms with van der Waals surface area (Å²) in [6.45, 7) is 1.10. The highest BCUT2D eigenvalue weighted by atomic mass is 35.5. The molecule has 0 fully saturated rings. The van der Waals surface area contributed by atoms with Crippen molar-refractivity contribution in [3.63, 3.8) is 0 Å². The molecule has 0 saturated carbocycles. The fraction of sp³-hybridized carbons (Fsp3) is 0.214. The fourth-order valence-electron chi connectivity index (χ4n) is 1.62. The third-order valence-electron chi connectivity index (χ3n) is 2.57. The number of nitrogens with two attached hydrogens (primary N) is 1. The molecule has 2 aromatic rings. The molecule has 2 rings (SSSR count). The summed E-state index contributed by atoms with van der Waals surface area (Å²) in [5, 5.41) is 0.620. The predicted octanol–water partition coefficient (Wildman–Crippen LogP) is 2.82. The number of hydrogen-bond acceptors (Lipinski definition) is 3. The molecule has 18 heavy (non-hydrogen) atoms. The van der Waals surface area contributed by atoms with Crippen LogP contribution in [0.1, 0.15) is 11.1 Å². The van der Waals surface area contributed by atoms with E-state index in [2.05, 4.69) is 4.98 Å². The van der Waals surface area contributed by atoms with E-state index in [1.807, 2.05) is 30.3 Å². The highest BCUT2D eigenvalue weighted by Crippen LogP contribution is 2.26. The fourth-order valence-corrected chi connectivity index (χ4v) is 1.88. The lowest BCUT2D eigenvalue weighted by Gasteiger charge is -2.09. The summed E-state index contributed by atoms with van der Waals surface area (Å²) in [5.74, 6) is 0.689. The quantitative estimate of drug-likeness (QED) is 0.901. The summed E-state index contributed by atoms with van der Waals surface area (Å²) in [4.78, 5) is 3.96. The zero-order chi connectivity index (χ0) is 12.8. The van der Waals surface area contributed by atoms with Crippen molar-refractivity contribution in [3.8, 4) is 5.75 Å². The van der Waals surface area contributed by atoms with Gasteiger partial charge >= 0.3 is 0 Å². The number of halogens is 1. The van der Waals surface area contributed by atoms with E-state index in [1.54, 1.807) is 12.4 Å². The van der Waals surface area contributed by atoms with E-state index in [0.717, 1.165) is 17.5 Å². The van der Waals surface area contributed by atoms with Crippen LogP contribution in [0.25, 0.3) is 0 Å². The standard InChI is InChI=1S/C14H15ClN2O/c15-13-9-11(3-6-16)1-2-14(13)18-10-12-4-7-17-8-5-12/h1-2,4-5,7-9H,3,6,10,16H2. The van der Waals surface area contributed by atoms with E-state index in [9.17, 15) is 0 Å². The summed E-state index contributed by atoms with van der Waals surface area (Å²) in [5.41, 5.74) is 7.69. The maximum atomic E-state index is 6.15. The van der Waals surface area contributed by atoms with E-state index >= 15 is 0 Å². The lowest BCUT2D eigenvalue weighted by Crippen LogP contribution is -2.03. The van der Waals surface area contributed by atoms with Crippen molar-refractivity contribution >= 4 is 11.6 Å². The van der Waals surface area contributed by atoms with Gasteiger partial charge in [-0.25, -0.2) is 0 Å². The molecule has 3 nitrogen and oxygen atoms in total. The molecule has 0 aliphatic rings. The Bertz CT molecular complexity index is 502. The molecule has 0 unspecified atom stereocenters. The van der Waals surface area contributed by atoms with Gasteiger partial charge in [-0.3, -0.25) is 4.98 Å². The van der Waals surface area contributed by atoms with Gasteiger partial charge < -0.3 is 10.5 Å². The van der Waals surface area contributed by atoms with Crippen molar-refractivity contribution in [2.45, 2.75) is 13.0 Å². The second-order valence-corrected chi connectivity index (χ2v) is 4.35. The van der Waals surface area contributed by atoms with Crippen LogP contribution in [0.15, 0.2) is 42.7 Å². The summed E-state index contributed by atoms with van der Waals surface area (Å²) >= 11 is 6.15. The summed E-state index contributed by atoms with van der Waals surface area (Å²) in [6, 6.07) is 9.60. The van der Waals surface area contributed by atoms with E-state index in [4.69, 9.17) is 22.1 Å². The van der Waals surface area contributed by atoms with E-state index in [-0.39, 0.29) is 0 Å². The number of aromatic nitrogens is 1. The van der Waals surface area contributed by atoms with Crippen molar-refractivity contribution in [3.05, 3.63) is 58.9 Å². The first-order chi connectivity index (χ1) is 8.79. The van der Waals surface area contributed by atoms with Crippen LogP contribution in [-0.4, -0.2) is 11.5 Å². The molecule has 0 radical (unpaired) electrons. The Morgan fingerprint density at radius 1 is 1.11 bits per heavy atom. The largest absolute Gasteiger partial charge is 0.487 e. The van der Waals surface area contributed by atoms with Gasteiger partial charge in [0.1, 0.15) is 12.4 Å². The van der Waals surface area contributed by atoms with Crippen molar-refractivity contribution in [1.82, 2.24) is 4.98 Å². The molecular formula is C14H15ClN2O. The van der Waals surface area contributed by atoms with Gasteiger partial charge in [0, 0.05) is 12.4 Å². The second kappa shape index (κ2) is 6.38. The first kappa shape index (κ1) is 12.9. The molecule has 1 aromatic heterocycles. The maximum Gasteiger partial charge on any atom is 0.138 e. The first-order valence-electron chi connectivity index (χ1n) is 5.80. The zero-order valence-electron chi connectivity index (χ0n) is 9.97. The van der Waals surface area contributed by atoms with Gasteiger partial charge in [-0.1, -0.05) is 17.7 Å². The van der Waals surface area contributed by atoms with Gasteiger partial charge in [-0.15, -0.1) is 0 Å². The Labute approximate surface area is 112 Å². The Balaban J connectivity index is 2.01. The van der Waals surface area contributed by atoms with Crippen LogP contribution in [0, 0.1) is 0 Å². The highest BCUT2D eigenvalue weighted by Gasteiger charge is 2.03. The molecule has 0 amide bonds. The van der Waals surface area contributed by atoms with E-state index in [0.29, 0.717) is 23.9 Å². The number of pyridine rings is 1. The van der Waals surface area contributed by atoms with Crippen molar-refractivity contribution in [2.24, 2.45) is 5.73 Å². The van der Waals surface area contributed by atoms with Crippen molar-refractivity contribution in [2.75, 3.05) is 6.54 Å². The van der Waals surface area contributed by atoms with Crippen LogP contribution >= 0.6 is 11.6 Å². The van der Waals surface area contributed by atoms with Gasteiger partial charge in [0.25, 0.3) is 0 Å². The molecule has 94 valence electrons. The Morgan fingerprint density at radius 2 is 1.89 bits per heavy atom. The molecule has 0 saturated heterocycles. The van der Waals surface area contributed by atoms with Gasteiger partial charge in [0.15, 0.2) is 0 Å². The maximum absolute atomic E-state index is 6.15. The number of nitrogens with zero attached hydrogens (tertiary/aromatic N) is 1. The minimum atomic E-state index is 0.485. The van der Waals surface area contributed by atoms with Crippen molar-refractivity contribution in [1.29, 1.82) is 0 Å². The Morgan fingerprint density at radius 3 is 2.56 bits per heavy atom. The molecule has 0 spiro atoms. The lowest BCUT2D eigenvalue weighted by atomic mass is 10.1. The van der Waals surface area contributed by atoms with Crippen LogP contribution < -0.4 is 10.5 Å². The minimum absolute atomic E-state index is 0.485. The lowest BCUT2D eigenvalue weighted by molar-refractivity contribution is 0.306. The smallest absolute Gasteiger partial charge is 0.138 e. The predicted molar refractivity (Wildman–Crippen MR) is 72.8 cm³/mol. The van der Waals surface area contributed by atoms with Crippen molar-refractivity contribution < 1.29 is 4.74 Å². The number of benzene rings is 1. The van der Waals surface area contributed by atoms with Crippen LogP contribution in [-0.2, 0) is 13.0 Å². The minimum Gasteiger partial charge on any atom is -0.487 e. The normalized spacial score (nSPS) is 10.3. The van der Waals surface area contributed by atoms with Gasteiger partial charge in [0.05, 0.1) is 5.02 Å². The number of rotatable bonds is 5. The van der Waals surface area contributed by atoms with E-state index in [1.165, 1.54) is 0 Å². The molecule has 4 heteroatoms. The summed E-state index contributed by atoms with van der Waals surface area (Å²) < 4.78 is 5.66.